The van der Waals surface area contributed by atoms with E-state index in [9.17, 15) is 13.2 Å². The minimum absolute atomic E-state index is 0.0284. The molecular weight excluding hydrogens is 564 g/mol. The third-order valence-electron chi connectivity index (χ3n) is 9.22. The lowest BCUT2D eigenvalue weighted by Gasteiger charge is -2.46. The molecule has 1 N–H and O–H groups in total. The van der Waals surface area contributed by atoms with E-state index in [0.717, 1.165) is 36.8 Å². The first-order chi connectivity index (χ1) is 19.7. The van der Waals surface area contributed by atoms with Gasteiger partial charge in [0, 0.05) is 24.6 Å². The first-order valence-corrected chi connectivity index (χ1v) is 16.2. The number of hydrogen-bond acceptors (Lipinski definition) is 7. The molecule has 1 amide bonds. The molecule has 1 aliphatic carbocycles. The number of nitrogens with zero attached hydrogens (tertiary/aromatic N) is 1. The first kappa shape index (κ1) is 28.5. The quantitative estimate of drug-likeness (QED) is 0.468. The van der Waals surface area contributed by atoms with Gasteiger partial charge in [0.1, 0.15) is 18.0 Å². The third kappa shape index (κ3) is 5.49. The number of benzene rings is 2. The summed E-state index contributed by atoms with van der Waals surface area (Å²) in [5.74, 6) is 0.290. The number of rotatable bonds is 1. The van der Waals surface area contributed by atoms with E-state index >= 15 is 0 Å². The Kier molecular flexibility index (Phi) is 7.82. The largest absolute Gasteiger partial charge is 0.488 e. The van der Waals surface area contributed by atoms with Crippen LogP contribution in [0.4, 0.5) is 5.69 Å². The van der Waals surface area contributed by atoms with E-state index in [2.05, 4.69) is 15.7 Å². The second-order valence-corrected chi connectivity index (χ2v) is 13.9. The molecule has 41 heavy (non-hydrogen) atoms. The summed E-state index contributed by atoms with van der Waals surface area (Å²) >= 11 is 6.35. The molecule has 5 atom stereocenters. The van der Waals surface area contributed by atoms with Crippen molar-refractivity contribution in [3.63, 3.8) is 0 Å². The van der Waals surface area contributed by atoms with Gasteiger partial charge in [-0.25, -0.2) is 13.1 Å². The maximum absolute atomic E-state index is 13.4. The summed E-state index contributed by atoms with van der Waals surface area (Å²) in [4.78, 5) is 15.1. The van der Waals surface area contributed by atoms with Gasteiger partial charge < -0.3 is 19.1 Å². The van der Waals surface area contributed by atoms with Crippen LogP contribution in [0.5, 0.6) is 5.75 Å². The molecule has 10 heteroatoms. The lowest BCUT2D eigenvalue weighted by molar-refractivity contribution is -0.122. The minimum atomic E-state index is -4.09. The predicted molar refractivity (Wildman–Crippen MR) is 157 cm³/mol. The number of sulfonamides is 1. The molecule has 0 radical (unpaired) electrons. The molecule has 0 unspecified atom stereocenters. The van der Waals surface area contributed by atoms with Crippen LogP contribution in [0.2, 0.25) is 5.02 Å². The Morgan fingerprint density at radius 1 is 1.12 bits per heavy atom. The Labute approximate surface area is 247 Å². The van der Waals surface area contributed by atoms with Crippen molar-refractivity contribution in [1.82, 2.24) is 4.72 Å². The van der Waals surface area contributed by atoms with Crippen molar-refractivity contribution in [2.75, 3.05) is 38.3 Å². The molecule has 2 bridgehead atoms. The summed E-state index contributed by atoms with van der Waals surface area (Å²) in [6.45, 7) is 3.74. The van der Waals surface area contributed by atoms with Crippen LogP contribution in [0.25, 0.3) is 0 Å². The number of carbonyl (C=O) groups excluding carboxylic acids is 1. The topological polar surface area (TPSA) is 94.2 Å². The monoisotopic (exact) mass is 600 g/mol. The Bertz CT molecular complexity index is 1460. The summed E-state index contributed by atoms with van der Waals surface area (Å²) in [6, 6.07) is 10.7. The number of halogens is 1. The van der Waals surface area contributed by atoms with Gasteiger partial charge in [-0.3, -0.25) is 4.79 Å². The van der Waals surface area contributed by atoms with Gasteiger partial charge in [0.15, 0.2) is 0 Å². The Morgan fingerprint density at radius 2 is 1.95 bits per heavy atom. The van der Waals surface area contributed by atoms with E-state index in [1.807, 2.05) is 24.3 Å². The molecule has 1 spiro atoms. The van der Waals surface area contributed by atoms with E-state index in [1.54, 1.807) is 26.2 Å². The Hall–Kier alpha value is -2.59. The zero-order valence-corrected chi connectivity index (χ0v) is 25.0. The van der Waals surface area contributed by atoms with Crippen LogP contribution in [-0.2, 0) is 36.3 Å². The number of anilines is 1. The van der Waals surface area contributed by atoms with Crippen LogP contribution in [-0.4, -0.2) is 53.8 Å². The lowest BCUT2D eigenvalue weighted by atomic mass is 9.69. The van der Waals surface area contributed by atoms with E-state index in [1.165, 1.54) is 6.07 Å². The van der Waals surface area contributed by atoms with Crippen molar-refractivity contribution >= 4 is 33.2 Å². The van der Waals surface area contributed by atoms with Crippen molar-refractivity contribution in [1.29, 1.82) is 0 Å². The van der Waals surface area contributed by atoms with Crippen molar-refractivity contribution in [3.05, 3.63) is 64.7 Å². The van der Waals surface area contributed by atoms with Crippen LogP contribution in [0, 0.1) is 17.8 Å². The molecule has 8 nitrogen and oxygen atoms in total. The molecule has 6 rings (SSSR count). The standard InChI is InChI=1S/C31H37ClN2O6S/c1-20-5-3-4-6-28(38-2)25-10-7-22(25)17-34-18-31(26-11-8-23(32)15-21(26)13-14-40-31)19-39-29-12-9-24(16-27(29)34)41(36,37)33-30(20)35/h3-4,8-9,11-12,15-16,20,22,25,28H,5-7,10,13-14,17-19H2,1-2H3,(H,33,35)/b4-3-/t20-,22+,25-,28+,31-/m1/s1. The first-order valence-electron chi connectivity index (χ1n) is 14.4. The number of nitrogens with one attached hydrogen (secondary N) is 1. The Balaban J connectivity index is 1.44. The second kappa shape index (κ2) is 11.2. The van der Waals surface area contributed by atoms with Gasteiger partial charge in [0.2, 0.25) is 5.91 Å². The third-order valence-corrected chi connectivity index (χ3v) is 10.8. The SMILES string of the molecule is CO[C@H]1C/C=C\C[C@@H](C)C(=O)NS(=O)(=O)c2ccc3c(c2)N(C[C@@H]2CC[C@H]21)C[C@]1(CO3)OCCc2cc(Cl)ccc21. The van der Waals surface area contributed by atoms with Gasteiger partial charge in [-0.2, -0.15) is 0 Å². The van der Waals surface area contributed by atoms with Crippen LogP contribution in [0.15, 0.2) is 53.4 Å². The van der Waals surface area contributed by atoms with Crippen LogP contribution < -0.4 is 14.4 Å². The maximum atomic E-state index is 13.4. The number of amides is 1. The summed E-state index contributed by atoms with van der Waals surface area (Å²) in [5.41, 5.74) is 2.12. The molecule has 220 valence electrons. The van der Waals surface area contributed by atoms with Gasteiger partial charge in [-0.1, -0.05) is 36.7 Å². The van der Waals surface area contributed by atoms with Crippen molar-refractivity contribution in [2.45, 2.75) is 55.6 Å². The average molecular weight is 601 g/mol. The van der Waals surface area contributed by atoms with Gasteiger partial charge in [0.25, 0.3) is 10.0 Å². The highest BCUT2D eigenvalue weighted by Gasteiger charge is 2.45. The van der Waals surface area contributed by atoms with E-state index in [4.69, 9.17) is 25.8 Å². The van der Waals surface area contributed by atoms with Gasteiger partial charge in [-0.05, 0) is 85.4 Å². The molecule has 2 aromatic rings. The minimum Gasteiger partial charge on any atom is -0.488 e. The number of ether oxygens (including phenoxy) is 3. The molecule has 0 saturated heterocycles. The molecule has 3 aliphatic heterocycles. The highest BCUT2D eigenvalue weighted by molar-refractivity contribution is 7.90. The number of fused-ring (bicyclic) bond motifs is 4. The number of allylic oxidation sites excluding steroid dienone is 1. The molecule has 3 heterocycles. The van der Waals surface area contributed by atoms with Crippen molar-refractivity contribution < 1.29 is 27.4 Å². The molecule has 1 saturated carbocycles. The van der Waals surface area contributed by atoms with Crippen molar-refractivity contribution in [3.8, 4) is 5.75 Å². The van der Waals surface area contributed by atoms with Gasteiger partial charge in [-0.15, -0.1) is 0 Å². The fourth-order valence-electron chi connectivity index (χ4n) is 6.70. The molecular formula is C31H37ClN2O6S. The van der Waals surface area contributed by atoms with Gasteiger partial charge in [0.05, 0.1) is 29.8 Å². The average Bonchev–Trinajstić information content (AvgIpc) is 3.08. The highest BCUT2D eigenvalue weighted by atomic mass is 35.5. The molecule has 1 fully saturated rings. The fourth-order valence-corrected chi connectivity index (χ4v) is 7.99. The van der Waals surface area contributed by atoms with E-state index in [0.29, 0.717) is 54.4 Å². The van der Waals surface area contributed by atoms with Crippen LogP contribution in [0.1, 0.15) is 43.7 Å². The maximum Gasteiger partial charge on any atom is 0.264 e. The number of carbonyl (C=O) groups is 1. The summed E-state index contributed by atoms with van der Waals surface area (Å²) in [6.07, 6.45) is 8.17. The number of methoxy groups -OCH3 is 1. The van der Waals surface area contributed by atoms with Crippen LogP contribution >= 0.6 is 11.6 Å². The summed E-state index contributed by atoms with van der Waals surface area (Å²) in [5, 5.41) is 0.687. The lowest BCUT2D eigenvalue weighted by Crippen LogP contribution is -2.51. The smallest absolute Gasteiger partial charge is 0.264 e. The highest BCUT2D eigenvalue weighted by Crippen LogP contribution is 2.46. The zero-order chi connectivity index (χ0) is 28.8. The summed E-state index contributed by atoms with van der Waals surface area (Å²) < 4.78 is 47.9. The Morgan fingerprint density at radius 3 is 2.73 bits per heavy atom. The fraction of sp³-hybridized carbons (Fsp3) is 0.516. The summed E-state index contributed by atoms with van der Waals surface area (Å²) in [7, 11) is -2.32. The van der Waals surface area contributed by atoms with E-state index < -0.39 is 27.4 Å². The molecule has 2 aromatic carbocycles. The predicted octanol–water partition coefficient (Wildman–Crippen LogP) is 4.84. The number of hydrogen-bond donors (Lipinski definition) is 1. The second-order valence-electron chi connectivity index (χ2n) is 11.8. The normalized spacial score (nSPS) is 32.0. The van der Waals surface area contributed by atoms with Crippen molar-refractivity contribution in [2.24, 2.45) is 17.8 Å². The van der Waals surface area contributed by atoms with Crippen LogP contribution in [0.3, 0.4) is 0 Å². The van der Waals surface area contributed by atoms with E-state index in [-0.39, 0.29) is 17.6 Å². The van der Waals surface area contributed by atoms with Gasteiger partial charge >= 0.3 is 0 Å². The zero-order valence-electron chi connectivity index (χ0n) is 23.5. The molecule has 0 aromatic heterocycles. The molecule has 4 aliphatic rings.